The standard InChI is InChI=1S/C15H11N5O3/c1-9(21)10-3-2-4-11(7-10)18-14(22)15-19-13(20-23-15)12-8-16-5-6-17-12/h2-8H,1H3,(H,18,22). The van der Waals surface area contributed by atoms with Crippen molar-refractivity contribution in [3.8, 4) is 11.5 Å². The zero-order valence-electron chi connectivity index (χ0n) is 12.1. The van der Waals surface area contributed by atoms with E-state index >= 15 is 0 Å². The molecule has 2 heterocycles. The number of aromatic nitrogens is 4. The van der Waals surface area contributed by atoms with E-state index < -0.39 is 5.91 Å². The van der Waals surface area contributed by atoms with Crippen LogP contribution in [0.4, 0.5) is 5.69 Å². The summed E-state index contributed by atoms with van der Waals surface area (Å²) >= 11 is 0. The maximum atomic E-state index is 12.1. The van der Waals surface area contributed by atoms with Crippen LogP contribution < -0.4 is 5.32 Å². The van der Waals surface area contributed by atoms with Gasteiger partial charge < -0.3 is 9.84 Å². The van der Waals surface area contributed by atoms with Gasteiger partial charge in [0.25, 0.3) is 0 Å². The second-order valence-electron chi connectivity index (χ2n) is 4.60. The van der Waals surface area contributed by atoms with Crippen LogP contribution >= 0.6 is 0 Å². The third-order valence-corrected chi connectivity index (χ3v) is 2.94. The molecule has 1 N–H and O–H groups in total. The summed E-state index contributed by atoms with van der Waals surface area (Å²) in [4.78, 5) is 35.3. The van der Waals surface area contributed by atoms with Crippen LogP contribution in [0.15, 0.2) is 47.4 Å². The molecular weight excluding hydrogens is 298 g/mol. The quantitative estimate of drug-likeness (QED) is 0.733. The Kier molecular flexibility index (Phi) is 3.88. The number of benzene rings is 1. The molecule has 1 aromatic carbocycles. The Morgan fingerprint density at radius 1 is 1.22 bits per heavy atom. The van der Waals surface area contributed by atoms with Gasteiger partial charge in [0.05, 0.1) is 6.20 Å². The van der Waals surface area contributed by atoms with E-state index in [2.05, 4.69) is 25.4 Å². The van der Waals surface area contributed by atoms with Gasteiger partial charge in [0.1, 0.15) is 5.69 Å². The van der Waals surface area contributed by atoms with Crippen molar-refractivity contribution in [3.63, 3.8) is 0 Å². The highest BCUT2D eigenvalue weighted by atomic mass is 16.5. The molecule has 23 heavy (non-hydrogen) atoms. The predicted molar refractivity (Wildman–Crippen MR) is 79.7 cm³/mol. The van der Waals surface area contributed by atoms with Crippen molar-refractivity contribution in [2.45, 2.75) is 6.92 Å². The number of nitrogens with zero attached hydrogens (tertiary/aromatic N) is 4. The average Bonchev–Trinajstić information content (AvgIpc) is 3.06. The van der Waals surface area contributed by atoms with Crippen LogP contribution in [0.1, 0.15) is 28.0 Å². The Morgan fingerprint density at radius 2 is 2.09 bits per heavy atom. The van der Waals surface area contributed by atoms with Crippen molar-refractivity contribution in [3.05, 3.63) is 54.3 Å². The number of rotatable bonds is 4. The van der Waals surface area contributed by atoms with E-state index in [1.165, 1.54) is 25.5 Å². The van der Waals surface area contributed by atoms with Crippen molar-refractivity contribution in [1.82, 2.24) is 20.1 Å². The molecule has 8 heteroatoms. The van der Waals surface area contributed by atoms with E-state index in [-0.39, 0.29) is 17.5 Å². The Hall–Kier alpha value is -3.42. The molecule has 1 amide bonds. The first kappa shape index (κ1) is 14.5. The molecule has 8 nitrogen and oxygen atoms in total. The Morgan fingerprint density at radius 3 is 2.83 bits per heavy atom. The van der Waals surface area contributed by atoms with E-state index in [0.717, 1.165) is 0 Å². The summed E-state index contributed by atoms with van der Waals surface area (Å²) in [5, 5.41) is 6.29. The van der Waals surface area contributed by atoms with Gasteiger partial charge in [-0.1, -0.05) is 17.3 Å². The highest BCUT2D eigenvalue weighted by Crippen LogP contribution is 2.14. The molecule has 3 rings (SSSR count). The minimum absolute atomic E-state index is 0.0937. The molecule has 0 radical (unpaired) electrons. The van der Waals surface area contributed by atoms with Gasteiger partial charge in [0, 0.05) is 23.6 Å². The van der Waals surface area contributed by atoms with Crippen LogP contribution in [0.5, 0.6) is 0 Å². The maximum Gasteiger partial charge on any atom is 0.316 e. The third-order valence-electron chi connectivity index (χ3n) is 2.94. The smallest absolute Gasteiger partial charge is 0.316 e. The average molecular weight is 309 g/mol. The molecule has 0 spiro atoms. The molecule has 0 aliphatic rings. The van der Waals surface area contributed by atoms with E-state index in [9.17, 15) is 9.59 Å². The number of Topliss-reactive ketones (excluding diaryl/α,β-unsaturated/α-hetero) is 1. The van der Waals surface area contributed by atoms with E-state index in [1.807, 2.05) is 0 Å². The molecular formula is C15H11N5O3. The molecule has 3 aromatic rings. The molecule has 2 aromatic heterocycles. The van der Waals surface area contributed by atoms with Crippen LogP contribution in [0, 0.1) is 0 Å². The van der Waals surface area contributed by atoms with Crippen molar-refractivity contribution in [2.75, 3.05) is 5.32 Å². The lowest BCUT2D eigenvalue weighted by molar-refractivity contribution is 0.0978. The first-order valence-corrected chi connectivity index (χ1v) is 6.66. The zero-order chi connectivity index (χ0) is 16.2. The van der Waals surface area contributed by atoms with Crippen molar-refractivity contribution in [1.29, 1.82) is 0 Å². The zero-order valence-corrected chi connectivity index (χ0v) is 12.1. The molecule has 0 bridgehead atoms. The van der Waals surface area contributed by atoms with Crippen molar-refractivity contribution in [2.24, 2.45) is 0 Å². The minimum atomic E-state index is -0.576. The van der Waals surface area contributed by atoms with Gasteiger partial charge in [0.15, 0.2) is 5.78 Å². The molecule has 0 saturated heterocycles. The summed E-state index contributed by atoms with van der Waals surface area (Å²) in [7, 11) is 0. The summed E-state index contributed by atoms with van der Waals surface area (Å²) in [6, 6.07) is 6.56. The van der Waals surface area contributed by atoms with Crippen molar-refractivity contribution < 1.29 is 14.1 Å². The summed E-state index contributed by atoms with van der Waals surface area (Å²) in [5.74, 6) is -0.711. The van der Waals surface area contributed by atoms with E-state index in [4.69, 9.17) is 4.52 Å². The lowest BCUT2D eigenvalue weighted by atomic mass is 10.1. The summed E-state index contributed by atoms with van der Waals surface area (Å²) in [6.45, 7) is 1.45. The van der Waals surface area contributed by atoms with Crippen LogP contribution in [0.25, 0.3) is 11.5 Å². The molecule has 114 valence electrons. The van der Waals surface area contributed by atoms with Crippen LogP contribution in [0.3, 0.4) is 0 Å². The second-order valence-corrected chi connectivity index (χ2v) is 4.60. The Labute approximate surface area is 130 Å². The number of hydrogen-bond acceptors (Lipinski definition) is 7. The fraction of sp³-hybridized carbons (Fsp3) is 0.0667. The second kappa shape index (κ2) is 6.14. The molecule has 0 unspecified atom stereocenters. The van der Waals surface area contributed by atoms with Crippen molar-refractivity contribution >= 4 is 17.4 Å². The molecule has 0 aliphatic heterocycles. The first-order chi connectivity index (χ1) is 11.1. The van der Waals surface area contributed by atoms with Gasteiger partial charge in [-0.15, -0.1) is 0 Å². The fourth-order valence-electron chi connectivity index (χ4n) is 1.83. The summed E-state index contributed by atoms with van der Waals surface area (Å²) in [6.07, 6.45) is 4.46. The molecule has 0 atom stereocenters. The molecule has 0 saturated carbocycles. The van der Waals surface area contributed by atoms with Crippen LogP contribution in [-0.4, -0.2) is 31.8 Å². The van der Waals surface area contributed by atoms with Gasteiger partial charge in [-0.25, -0.2) is 4.98 Å². The highest BCUT2D eigenvalue weighted by molar-refractivity contribution is 6.02. The highest BCUT2D eigenvalue weighted by Gasteiger charge is 2.17. The van der Waals surface area contributed by atoms with Crippen LogP contribution in [0.2, 0.25) is 0 Å². The van der Waals surface area contributed by atoms with Crippen LogP contribution in [-0.2, 0) is 0 Å². The lowest BCUT2D eigenvalue weighted by Gasteiger charge is -2.03. The predicted octanol–water partition coefficient (Wildman–Crippen LogP) is 1.98. The SMILES string of the molecule is CC(=O)c1cccc(NC(=O)c2nc(-c3cnccn3)no2)c1. The van der Waals surface area contributed by atoms with Gasteiger partial charge in [0.2, 0.25) is 5.82 Å². The number of ketones is 1. The third kappa shape index (κ3) is 3.26. The molecule has 0 aliphatic carbocycles. The normalized spacial score (nSPS) is 10.3. The van der Waals surface area contributed by atoms with E-state index in [0.29, 0.717) is 16.9 Å². The van der Waals surface area contributed by atoms with E-state index in [1.54, 1.807) is 24.3 Å². The monoisotopic (exact) mass is 309 g/mol. The summed E-state index contributed by atoms with van der Waals surface area (Å²) < 4.78 is 4.92. The number of nitrogens with one attached hydrogen (secondary N) is 1. The Balaban J connectivity index is 1.78. The number of carbonyl (C=O) groups is 2. The maximum absolute atomic E-state index is 12.1. The largest absolute Gasteiger partial charge is 0.328 e. The first-order valence-electron chi connectivity index (χ1n) is 6.66. The Bertz CT molecular complexity index is 860. The fourth-order valence-corrected chi connectivity index (χ4v) is 1.83. The lowest BCUT2D eigenvalue weighted by Crippen LogP contribution is -2.12. The van der Waals surface area contributed by atoms with Gasteiger partial charge in [-0.3, -0.25) is 14.6 Å². The van der Waals surface area contributed by atoms with Gasteiger partial charge >= 0.3 is 11.8 Å². The van der Waals surface area contributed by atoms with Gasteiger partial charge in [-0.05, 0) is 19.1 Å². The number of hydrogen-bond donors (Lipinski definition) is 1. The topological polar surface area (TPSA) is 111 Å². The number of amides is 1. The minimum Gasteiger partial charge on any atom is -0.328 e. The van der Waals surface area contributed by atoms with Gasteiger partial charge in [-0.2, -0.15) is 4.98 Å². The number of carbonyl (C=O) groups excluding carboxylic acids is 2. The molecule has 0 fully saturated rings. The number of anilines is 1. The summed E-state index contributed by atoms with van der Waals surface area (Å²) in [5.41, 5.74) is 1.35.